The summed E-state index contributed by atoms with van der Waals surface area (Å²) in [6.45, 7) is 0.408. The van der Waals surface area contributed by atoms with Crippen molar-refractivity contribution in [2.45, 2.75) is 44.3 Å². The minimum atomic E-state index is -0.202. The van der Waals surface area contributed by atoms with E-state index in [0.717, 1.165) is 42.4 Å². The number of carbonyl (C=O) groups excluding carboxylic acids is 1. The highest BCUT2D eigenvalue weighted by molar-refractivity contribution is 5.91. The van der Waals surface area contributed by atoms with E-state index < -0.39 is 0 Å². The van der Waals surface area contributed by atoms with Crippen molar-refractivity contribution in [3.63, 3.8) is 0 Å². The number of aromatic hydroxyl groups is 1. The highest BCUT2D eigenvalue weighted by Crippen LogP contribution is 2.31. The smallest absolute Gasteiger partial charge is 0.323 e. The van der Waals surface area contributed by atoms with E-state index in [-0.39, 0.29) is 29.6 Å². The molecule has 1 aliphatic rings. The predicted molar refractivity (Wildman–Crippen MR) is 169 cm³/mol. The average molecular weight is 601 g/mol. The Morgan fingerprint density at radius 1 is 1.00 bits per heavy atom. The maximum Gasteiger partial charge on any atom is 0.323 e. The molecule has 0 unspecified atom stereocenters. The number of hydrogen-bond acceptors (Lipinski definition) is 9. The van der Waals surface area contributed by atoms with Gasteiger partial charge in [0, 0.05) is 55.4 Å². The van der Waals surface area contributed by atoms with Gasteiger partial charge in [0.25, 0.3) is 0 Å². The van der Waals surface area contributed by atoms with E-state index in [4.69, 9.17) is 4.98 Å². The Morgan fingerprint density at radius 3 is 2.51 bits per heavy atom. The lowest BCUT2D eigenvalue weighted by Crippen LogP contribution is -2.49. The Hall–Kier alpha value is -5.83. The van der Waals surface area contributed by atoms with Crippen LogP contribution in [0.2, 0.25) is 0 Å². The Balaban J connectivity index is 1.17. The molecule has 5 aromatic rings. The van der Waals surface area contributed by atoms with E-state index in [0.29, 0.717) is 29.6 Å². The highest BCUT2D eigenvalue weighted by Gasteiger charge is 2.31. The molecule has 1 saturated carbocycles. The topological polar surface area (TPSA) is 158 Å². The number of nitriles is 1. The molecule has 3 N–H and O–H groups in total. The number of pyridine rings is 2. The lowest BCUT2D eigenvalue weighted by atomic mass is 9.90. The number of benzene rings is 1. The molecular formula is C33H32N10O2. The number of aromatic nitrogens is 6. The summed E-state index contributed by atoms with van der Waals surface area (Å²) in [5.41, 5.74) is 3.81. The second kappa shape index (κ2) is 13.2. The Labute approximate surface area is 260 Å². The second-order valence-corrected chi connectivity index (χ2v) is 10.9. The van der Waals surface area contributed by atoms with Crippen molar-refractivity contribution in [3.8, 4) is 34.3 Å². The van der Waals surface area contributed by atoms with Crippen LogP contribution in [-0.2, 0) is 13.6 Å². The van der Waals surface area contributed by atoms with E-state index in [9.17, 15) is 15.2 Å². The van der Waals surface area contributed by atoms with Gasteiger partial charge in [0.05, 0.1) is 29.2 Å². The van der Waals surface area contributed by atoms with Gasteiger partial charge in [0.1, 0.15) is 11.9 Å². The third-order valence-electron chi connectivity index (χ3n) is 7.88. The first-order valence-electron chi connectivity index (χ1n) is 14.7. The van der Waals surface area contributed by atoms with Crippen LogP contribution >= 0.6 is 0 Å². The lowest BCUT2D eigenvalue weighted by molar-refractivity contribution is 0.240. The molecule has 45 heavy (non-hydrogen) atoms. The summed E-state index contributed by atoms with van der Waals surface area (Å²) in [5, 5.41) is 30.5. The first-order chi connectivity index (χ1) is 22.0. The van der Waals surface area contributed by atoms with Crippen LogP contribution in [0.4, 0.5) is 16.6 Å². The van der Waals surface area contributed by atoms with Crippen molar-refractivity contribution < 1.29 is 9.90 Å². The summed E-state index contributed by atoms with van der Waals surface area (Å²) >= 11 is 0. The van der Waals surface area contributed by atoms with Gasteiger partial charge in [-0.1, -0.05) is 30.3 Å². The monoisotopic (exact) mass is 600 g/mol. The minimum Gasteiger partial charge on any atom is -0.493 e. The van der Waals surface area contributed by atoms with Gasteiger partial charge < -0.3 is 15.7 Å². The maximum atomic E-state index is 13.7. The van der Waals surface area contributed by atoms with Crippen molar-refractivity contribution in [3.05, 3.63) is 96.7 Å². The van der Waals surface area contributed by atoms with Crippen molar-refractivity contribution in [2.75, 3.05) is 10.2 Å². The number of nitrogens with zero attached hydrogens (tertiary/aromatic N) is 8. The highest BCUT2D eigenvalue weighted by atomic mass is 16.3. The van der Waals surface area contributed by atoms with Crippen molar-refractivity contribution in [2.24, 2.45) is 7.05 Å². The SMILES string of the molecule is Cn1cc(-c2ccc(N(C(=O)NCc3ccccc3)C3CCC(Nc4ncc(C#N)c(-c5cccnc5O)n4)CC3)nc2)cn1. The molecule has 2 amide bonds. The van der Waals surface area contributed by atoms with Gasteiger partial charge in [0.2, 0.25) is 11.8 Å². The first-order valence-corrected chi connectivity index (χ1v) is 14.7. The molecule has 6 rings (SSSR count). The van der Waals surface area contributed by atoms with Gasteiger partial charge in [0.15, 0.2) is 0 Å². The number of nitrogens with one attached hydrogen (secondary N) is 2. The fourth-order valence-corrected chi connectivity index (χ4v) is 5.57. The van der Waals surface area contributed by atoms with Crippen LogP contribution in [0.25, 0.3) is 22.4 Å². The van der Waals surface area contributed by atoms with E-state index in [2.05, 4.69) is 36.8 Å². The third kappa shape index (κ3) is 6.73. The number of amides is 2. The summed E-state index contributed by atoms with van der Waals surface area (Å²) in [6.07, 6.45) is 11.4. The van der Waals surface area contributed by atoms with E-state index in [1.165, 1.54) is 12.4 Å². The van der Waals surface area contributed by atoms with Gasteiger partial charge in [-0.05, 0) is 55.5 Å². The molecule has 1 aliphatic carbocycles. The molecule has 0 spiro atoms. The van der Waals surface area contributed by atoms with Crippen LogP contribution in [0, 0.1) is 11.3 Å². The van der Waals surface area contributed by atoms with Crippen molar-refractivity contribution >= 4 is 17.8 Å². The van der Waals surface area contributed by atoms with Crippen molar-refractivity contribution in [1.82, 2.24) is 35.0 Å². The third-order valence-corrected chi connectivity index (χ3v) is 7.88. The molecule has 226 valence electrons. The molecule has 1 fully saturated rings. The molecular weight excluding hydrogens is 568 g/mol. The number of carbonyl (C=O) groups is 1. The molecule has 0 bridgehead atoms. The minimum absolute atomic E-state index is 0.0553. The molecule has 4 heterocycles. The van der Waals surface area contributed by atoms with Crippen LogP contribution in [0.15, 0.2) is 85.6 Å². The van der Waals surface area contributed by atoms with E-state index >= 15 is 0 Å². The van der Waals surface area contributed by atoms with Crippen LogP contribution < -0.4 is 15.5 Å². The number of hydrogen-bond donors (Lipinski definition) is 3. The largest absolute Gasteiger partial charge is 0.493 e. The molecule has 0 aliphatic heterocycles. The molecule has 12 heteroatoms. The van der Waals surface area contributed by atoms with Crippen LogP contribution in [-0.4, -0.2) is 52.9 Å². The van der Waals surface area contributed by atoms with Gasteiger partial charge in [-0.2, -0.15) is 10.4 Å². The zero-order chi connectivity index (χ0) is 31.2. The zero-order valence-corrected chi connectivity index (χ0v) is 24.7. The van der Waals surface area contributed by atoms with Crippen molar-refractivity contribution in [1.29, 1.82) is 5.26 Å². The summed E-state index contributed by atoms with van der Waals surface area (Å²) in [5.74, 6) is 0.744. The molecule has 12 nitrogen and oxygen atoms in total. The fraction of sp³-hybridized carbons (Fsp3) is 0.242. The quantitative estimate of drug-likeness (QED) is 0.222. The first kappa shape index (κ1) is 29.3. The fourth-order valence-electron chi connectivity index (χ4n) is 5.57. The Morgan fingerprint density at radius 2 is 1.82 bits per heavy atom. The zero-order valence-electron chi connectivity index (χ0n) is 24.7. The predicted octanol–water partition coefficient (Wildman–Crippen LogP) is 5.05. The second-order valence-electron chi connectivity index (χ2n) is 10.9. The van der Waals surface area contributed by atoms with Crippen LogP contribution in [0.3, 0.4) is 0 Å². The van der Waals surface area contributed by atoms with Gasteiger partial charge in [-0.3, -0.25) is 9.58 Å². The van der Waals surface area contributed by atoms with E-state index in [1.54, 1.807) is 34.1 Å². The molecule has 0 atom stereocenters. The molecule has 0 radical (unpaired) electrons. The number of rotatable bonds is 8. The Kier molecular flexibility index (Phi) is 8.59. The maximum absolute atomic E-state index is 13.7. The number of urea groups is 1. The normalized spacial score (nSPS) is 16.0. The molecule has 4 aromatic heterocycles. The number of aryl methyl sites for hydroxylation is 1. The van der Waals surface area contributed by atoms with Gasteiger partial charge in [-0.25, -0.2) is 24.7 Å². The van der Waals surface area contributed by atoms with E-state index in [1.807, 2.05) is 55.7 Å². The summed E-state index contributed by atoms with van der Waals surface area (Å²) in [6, 6.07) is 18.9. The summed E-state index contributed by atoms with van der Waals surface area (Å²) in [4.78, 5) is 33.0. The lowest BCUT2D eigenvalue weighted by Gasteiger charge is -2.36. The van der Waals surface area contributed by atoms with Crippen LogP contribution in [0.1, 0.15) is 36.8 Å². The van der Waals surface area contributed by atoms with Gasteiger partial charge >= 0.3 is 6.03 Å². The van der Waals surface area contributed by atoms with Crippen LogP contribution in [0.5, 0.6) is 5.88 Å². The standard InChI is InChI=1S/C33H32N10O2/c1-42-21-25(20-39-42)23-9-14-29(36-18-23)43(33(45)38-17-22-6-3-2-4-7-22)27-12-10-26(11-13-27)40-32-37-19-24(16-34)30(41-32)28-8-5-15-35-31(28)44/h2-9,14-15,18-21,26-27H,10-13,17H2,1H3,(H,35,44)(H,38,45)(H,37,40,41). The Bertz CT molecular complexity index is 1810. The molecule has 1 aromatic carbocycles. The van der Waals surface area contributed by atoms with Gasteiger partial charge in [-0.15, -0.1) is 0 Å². The molecule has 0 saturated heterocycles. The number of anilines is 2. The average Bonchev–Trinajstić information content (AvgIpc) is 3.52. The summed E-state index contributed by atoms with van der Waals surface area (Å²) < 4.78 is 1.74. The summed E-state index contributed by atoms with van der Waals surface area (Å²) in [7, 11) is 1.87.